The quantitative estimate of drug-likeness (QED) is 0.909. The van der Waals surface area contributed by atoms with Crippen molar-refractivity contribution in [3.8, 4) is 17.1 Å². The number of rotatable bonds is 4. The molecule has 0 aliphatic carbocycles. The topological polar surface area (TPSA) is 47.3 Å². The van der Waals surface area contributed by atoms with Crippen LogP contribution in [0.25, 0.3) is 11.3 Å². The Balaban J connectivity index is 2.51. The Labute approximate surface area is 105 Å². The van der Waals surface area contributed by atoms with E-state index in [4.69, 9.17) is 20.8 Å². The summed E-state index contributed by atoms with van der Waals surface area (Å²) in [5, 5.41) is 3.67. The minimum absolute atomic E-state index is 0.626. The molecule has 2 rings (SSSR count). The number of nitrogens with one attached hydrogen (secondary N) is 1. The van der Waals surface area contributed by atoms with Crippen molar-refractivity contribution >= 4 is 11.6 Å². The molecular weight excluding hydrogens is 240 g/mol. The predicted octanol–water partition coefficient (Wildman–Crippen LogP) is 2.72. The van der Waals surface area contributed by atoms with Gasteiger partial charge in [-0.15, -0.1) is 0 Å². The molecule has 1 N–H and O–H groups in total. The molecule has 90 valence electrons. The van der Waals surface area contributed by atoms with Gasteiger partial charge in [-0.3, -0.25) is 0 Å². The van der Waals surface area contributed by atoms with E-state index in [1.165, 1.54) is 6.39 Å². The second-order valence-corrected chi connectivity index (χ2v) is 3.94. The van der Waals surface area contributed by atoms with Gasteiger partial charge in [0, 0.05) is 11.6 Å². The summed E-state index contributed by atoms with van der Waals surface area (Å²) in [5.41, 5.74) is 1.64. The monoisotopic (exact) mass is 252 g/mol. The molecule has 0 saturated carbocycles. The van der Waals surface area contributed by atoms with Gasteiger partial charge in [-0.1, -0.05) is 11.6 Å². The van der Waals surface area contributed by atoms with E-state index in [0.29, 0.717) is 23.1 Å². The van der Waals surface area contributed by atoms with Gasteiger partial charge in [-0.25, -0.2) is 4.98 Å². The maximum absolute atomic E-state index is 5.99. The van der Waals surface area contributed by atoms with Crippen LogP contribution in [-0.2, 0) is 6.54 Å². The molecule has 1 aromatic heterocycles. The number of nitrogens with zero attached hydrogens (tertiary/aromatic N) is 1. The van der Waals surface area contributed by atoms with E-state index in [-0.39, 0.29) is 0 Å². The molecule has 0 amide bonds. The molecule has 0 spiro atoms. The summed E-state index contributed by atoms with van der Waals surface area (Å²) in [4.78, 5) is 4.16. The molecule has 0 unspecified atom stereocenters. The highest BCUT2D eigenvalue weighted by Crippen LogP contribution is 2.34. The zero-order valence-corrected chi connectivity index (χ0v) is 10.4. The van der Waals surface area contributed by atoms with Gasteiger partial charge in [0.2, 0.25) is 0 Å². The van der Waals surface area contributed by atoms with Crippen molar-refractivity contribution in [2.75, 3.05) is 14.2 Å². The van der Waals surface area contributed by atoms with Gasteiger partial charge in [0.25, 0.3) is 0 Å². The molecule has 0 bridgehead atoms. The van der Waals surface area contributed by atoms with Gasteiger partial charge in [0.1, 0.15) is 11.4 Å². The van der Waals surface area contributed by atoms with Gasteiger partial charge < -0.3 is 14.5 Å². The highest BCUT2D eigenvalue weighted by atomic mass is 35.5. The van der Waals surface area contributed by atoms with Crippen LogP contribution in [0, 0.1) is 0 Å². The number of benzene rings is 1. The van der Waals surface area contributed by atoms with Crippen molar-refractivity contribution in [3.63, 3.8) is 0 Å². The van der Waals surface area contributed by atoms with Crippen molar-refractivity contribution in [2.24, 2.45) is 0 Å². The summed E-state index contributed by atoms with van der Waals surface area (Å²) in [6, 6.07) is 5.39. The fourth-order valence-corrected chi connectivity index (χ4v) is 1.81. The summed E-state index contributed by atoms with van der Waals surface area (Å²) in [6.07, 6.45) is 1.42. The third kappa shape index (κ3) is 2.43. The smallest absolute Gasteiger partial charge is 0.181 e. The highest BCUT2D eigenvalue weighted by Gasteiger charge is 2.15. The van der Waals surface area contributed by atoms with Crippen LogP contribution in [-0.4, -0.2) is 19.1 Å². The number of ether oxygens (including phenoxy) is 1. The van der Waals surface area contributed by atoms with Crippen molar-refractivity contribution in [3.05, 3.63) is 35.3 Å². The summed E-state index contributed by atoms with van der Waals surface area (Å²) < 4.78 is 10.7. The van der Waals surface area contributed by atoms with Gasteiger partial charge in [-0.2, -0.15) is 0 Å². The lowest BCUT2D eigenvalue weighted by molar-refractivity contribution is 0.414. The van der Waals surface area contributed by atoms with E-state index in [1.54, 1.807) is 19.2 Å². The molecule has 0 fully saturated rings. The molecule has 0 aliphatic heterocycles. The van der Waals surface area contributed by atoms with Crippen molar-refractivity contribution in [2.45, 2.75) is 6.54 Å². The molecule has 5 heteroatoms. The second-order valence-electron chi connectivity index (χ2n) is 3.50. The van der Waals surface area contributed by atoms with Gasteiger partial charge in [0.15, 0.2) is 12.2 Å². The molecule has 0 radical (unpaired) electrons. The molecule has 1 aromatic carbocycles. The van der Waals surface area contributed by atoms with Crippen LogP contribution in [0.4, 0.5) is 0 Å². The number of aromatic nitrogens is 1. The Morgan fingerprint density at radius 1 is 1.47 bits per heavy atom. The molecule has 1 heterocycles. The summed E-state index contributed by atoms with van der Waals surface area (Å²) >= 11 is 5.99. The summed E-state index contributed by atoms with van der Waals surface area (Å²) in [5.74, 6) is 1.39. The maximum Gasteiger partial charge on any atom is 0.181 e. The van der Waals surface area contributed by atoms with Gasteiger partial charge >= 0.3 is 0 Å². The summed E-state index contributed by atoms with van der Waals surface area (Å²) in [7, 11) is 3.47. The van der Waals surface area contributed by atoms with E-state index in [9.17, 15) is 0 Å². The third-order valence-corrected chi connectivity index (χ3v) is 2.63. The van der Waals surface area contributed by atoms with Crippen molar-refractivity contribution in [1.29, 1.82) is 0 Å². The first-order valence-corrected chi connectivity index (χ1v) is 5.55. The van der Waals surface area contributed by atoms with Crippen LogP contribution < -0.4 is 10.1 Å². The Morgan fingerprint density at radius 2 is 2.29 bits per heavy atom. The Kier molecular flexibility index (Phi) is 3.66. The second kappa shape index (κ2) is 5.21. The van der Waals surface area contributed by atoms with Crippen molar-refractivity contribution < 1.29 is 9.15 Å². The standard InChI is InChI=1S/C12H13ClN2O2/c1-14-6-10-12(17-7-15-10)9-5-8(13)3-4-11(9)16-2/h3-5,7,14H,6H2,1-2H3. The molecule has 17 heavy (non-hydrogen) atoms. The fraction of sp³-hybridized carbons (Fsp3) is 0.250. The lowest BCUT2D eigenvalue weighted by Crippen LogP contribution is -2.06. The van der Waals surface area contributed by atoms with Crippen LogP contribution in [0.5, 0.6) is 5.75 Å². The van der Waals surface area contributed by atoms with E-state index in [0.717, 1.165) is 11.3 Å². The predicted molar refractivity (Wildman–Crippen MR) is 66.3 cm³/mol. The lowest BCUT2D eigenvalue weighted by Gasteiger charge is -2.07. The average Bonchev–Trinajstić information content (AvgIpc) is 2.77. The van der Waals surface area contributed by atoms with E-state index in [2.05, 4.69) is 10.3 Å². The number of oxazole rings is 1. The highest BCUT2D eigenvalue weighted by molar-refractivity contribution is 6.30. The maximum atomic E-state index is 5.99. The first-order chi connectivity index (χ1) is 8.26. The van der Waals surface area contributed by atoms with Crippen LogP contribution >= 0.6 is 11.6 Å². The largest absolute Gasteiger partial charge is 0.496 e. The molecule has 4 nitrogen and oxygen atoms in total. The van der Waals surface area contributed by atoms with Crippen LogP contribution in [0.2, 0.25) is 5.02 Å². The van der Waals surface area contributed by atoms with Crippen LogP contribution in [0.15, 0.2) is 29.0 Å². The summed E-state index contributed by atoms with van der Waals surface area (Å²) in [6.45, 7) is 0.626. The minimum Gasteiger partial charge on any atom is -0.496 e. The zero-order chi connectivity index (χ0) is 12.3. The van der Waals surface area contributed by atoms with E-state index >= 15 is 0 Å². The Hall–Kier alpha value is -1.52. The first-order valence-electron chi connectivity index (χ1n) is 5.17. The minimum atomic E-state index is 0.626. The van der Waals surface area contributed by atoms with Crippen molar-refractivity contribution in [1.82, 2.24) is 10.3 Å². The first kappa shape index (κ1) is 12.0. The fourth-order valence-electron chi connectivity index (χ4n) is 1.64. The van der Waals surface area contributed by atoms with Gasteiger partial charge in [-0.05, 0) is 25.2 Å². The number of halogens is 1. The van der Waals surface area contributed by atoms with Crippen LogP contribution in [0.3, 0.4) is 0 Å². The SMILES string of the molecule is CNCc1ncoc1-c1cc(Cl)ccc1OC. The van der Waals surface area contributed by atoms with E-state index in [1.807, 2.05) is 13.1 Å². The normalized spacial score (nSPS) is 10.5. The molecule has 0 saturated heterocycles. The number of hydrogen-bond donors (Lipinski definition) is 1. The molecular formula is C12H13ClN2O2. The Morgan fingerprint density at radius 3 is 3.00 bits per heavy atom. The molecule has 0 atom stereocenters. The number of hydrogen-bond acceptors (Lipinski definition) is 4. The zero-order valence-electron chi connectivity index (χ0n) is 9.66. The third-order valence-electron chi connectivity index (χ3n) is 2.39. The lowest BCUT2D eigenvalue weighted by atomic mass is 10.1. The van der Waals surface area contributed by atoms with E-state index < -0.39 is 0 Å². The van der Waals surface area contributed by atoms with Gasteiger partial charge in [0.05, 0.1) is 12.7 Å². The number of methoxy groups -OCH3 is 1. The van der Waals surface area contributed by atoms with Crippen LogP contribution in [0.1, 0.15) is 5.69 Å². The average molecular weight is 253 g/mol. The Bertz CT molecular complexity index is 511. The molecule has 2 aromatic rings. The molecule has 0 aliphatic rings.